The summed E-state index contributed by atoms with van der Waals surface area (Å²) in [6, 6.07) is 7.58. The Morgan fingerprint density at radius 1 is 1.19 bits per heavy atom. The van der Waals surface area contributed by atoms with E-state index in [4.69, 9.17) is 19.9 Å². The predicted octanol–water partition coefficient (Wildman–Crippen LogP) is 1.88. The molecule has 0 unspecified atom stereocenters. The Labute approximate surface area is 126 Å². The largest absolute Gasteiger partial charge is 0.493 e. The van der Waals surface area contributed by atoms with Crippen molar-refractivity contribution in [2.24, 2.45) is 0 Å². The van der Waals surface area contributed by atoms with Gasteiger partial charge in [0.05, 0.1) is 19.8 Å². The van der Waals surface area contributed by atoms with Gasteiger partial charge in [-0.15, -0.1) is 0 Å². The van der Waals surface area contributed by atoms with E-state index in [-0.39, 0.29) is 5.79 Å². The van der Waals surface area contributed by atoms with Gasteiger partial charge in [-0.25, -0.2) is 0 Å². The Kier molecular flexibility index (Phi) is 4.63. The Bertz CT molecular complexity index is 451. The van der Waals surface area contributed by atoms with E-state index in [2.05, 4.69) is 4.90 Å². The van der Waals surface area contributed by atoms with E-state index < -0.39 is 0 Å². The first-order chi connectivity index (χ1) is 10.3. The van der Waals surface area contributed by atoms with Gasteiger partial charge < -0.3 is 24.8 Å². The molecule has 0 aliphatic carbocycles. The maximum atomic E-state index is 5.74. The summed E-state index contributed by atoms with van der Waals surface area (Å²) in [5.41, 5.74) is 6.47. The highest BCUT2D eigenvalue weighted by atomic mass is 16.7. The van der Waals surface area contributed by atoms with Crippen molar-refractivity contribution in [1.82, 2.24) is 4.90 Å². The quantitative estimate of drug-likeness (QED) is 0.663. The molecular weight excluding hydrogens is 268 g/mol. The Balaban J connectivity index is 1.33. The van der Waals surface area contributed by atoms with Gasteiger partial charge in [0.25, 0.3) is 0 Å². The molecular formula is C16H24N2O3. The summed E-state index contributed by atoms with van der Waals surface area (Å²) in [4.78, 5) is 2.46. The predicted molar refractivity (Wildman–Crippen MR) is 81.3 cm³/mol. The van der Waals surface area contributed by atoms with Gasteiger partial charge in [0.15, 0.2) is 5.79 Å². The van der Waals surface area contributed by atoms with Crippen LogP contribution in [0.3, 0.4) is 0 Å². The number of anilines is 1. The standard InChI is InChI=1S/C16H24N2O3/c17-14-3-1-4-15(13-14)19-10-2-7-18-8-5-16(6-9-18)20-11-12-21-16/h1,3-4,13H,2,5-12,17H2. The monoisotopic (exact) mass is 292 g/mol. The molecule has 5 heteroatoms. The molecule has 0 radical (unpaired) electrons. The molecule has 2 heterocycles. The molecule has 2 N–H and O–H groups in total. The normalized spacial score (nSPS) is 21.7. The van der Waals surface area contributed by atoms with Gasteiger partial charge in [-0.05, 0) is 18.6 Å². The van der Waals surface area contributed by atoms with E-state index >= 15 is 0 Å². The fourth-order valence-electron chi connectivity index (χ4n) is 2.99. The number of likely N-dealkylation sites (tertiary alicyclic amines) is 1. The first-order valence-corrected chi connectivity index (χ1v) is 7.74. The lowest BCUT2D eigenvalue weighted by Gasteiger charge is -2.37. The van der Waals surface area contributed by atoms with E-state index in [0.717, 1.165) is 70.2 Å². The maximum absolute atomic E-state index is 5.74. The number of nitrogens with two attached hydrogens (primary N) is 1. The van der Waals surface area contributed by atoms with Crippen molar-refractivity contribution in [3.63, 3.8) is 0 Å². The topological polar surface area (TPSA) is 57.0 Å². The number of nitrogen functional groups attached to an aromatic ring is 1. The molecule has 1 aromatic rings. The average Bonchev–Trinajstić information content (AvgIpc) is 2.94. The van der Waals surface area contributed by atoms with Gasteiger partial charge in [-0.2, -0.15) is 0 Å². The summed E-state index contributed by atoms with van der Waals surface area (Å²) in [6.07, 6.45) is 2.97. The summed E-state index contributed by atoms with van der Waals surface area (Å²) in [7, 11) is 0. The van der Waals surface area contributed by atoms with Crippen molar-refractivity contribution in [3.8, 4) is 5.75 Å². The van der Waals surface area contributed by atoms with Crippen LogP contribution in [0.1, 0.15) is 19.3 Å². The minimum absolute atomic E-state index is 0.269. The average molecular weight is 292 g/mol. The molecule has 2 aliphatic heterocycles. The summed E-state index contributed by atoms with van der Waals surface area (Å²) in [5.74, 6) is 0.578. The van der Waals surface area contributed by atoms with Crippen LogP contribution in [0, 0.1) is 0 Å². The van der Waals surface area contributed by atoms with Crippen LogP contribution in [-0.4, -0.2) is 50.1 Å². The third-order valence-electron chi connectivity index (χ3n) is 4.18. The zero-order chi connectivity index (χ0) is 14.5. The van der Waals surface area contributed by atoms with Crippen LogP contribution in [0.25, 0.3) is 0 Å². The zero-order valence-electron chi connectivity index (χ0n) is 12.4. The SMILES string of the molecule is Nc1cccc(OCCCN2CCC3(CC2)OCCO3)c1. The summed E-state index contributed by atoms with van der Waals surface area (Å²) in [6.45, 7) is 5.34. The number of hydrogen-bond acceptors (Lipinski definition) is 5. The molecule has 21 heavy (non-hydrogen) atoms. The molecule has 0 bridgehead atoms. The Hall–Kier alpha value is -1.30. The van der Waals surface area contributed by atoms with Gasteiger partial charge in [-0.1, -0.05) is 6.07 Å². The van der Waals surface area contributed by atoms with Crippen LogP contribution in [0.15, 0.2) is 24.3 Å². The lowest BCUT2D eigenvalue weighted by Crippen LogP contribution is -2.45. The molecule has 3 rings (SSSR count). The van der Waals surface area contributed by atoms with Crippen molar-refractivity contribution in [1.29, 1.82) is 0 Å². The lowest BCUT2D eigenvalue weighted by molar-refractivity contribution is -0.185. The van der Waals surface area contributed by atoms with Crippen molar-refractivity contribution in [2.75, 3.05) is 45.2 Å². The number of piperidine rings is 1. The molecule has 116 valence electrons. The third kappa shape index (κ3) is 3.87. The third-order valence-corrected chi connectivity index (χ3v) is 4.18. The van der Waals surface area contributed by atoms with Crippen molar-refractivity contribution in [2.45, 2.75) is 25.0 Å². The molecule has 0 aromatic heterocycles. The summed E-state index contributed by atoms with van der Waals surface area (Å²) in [5, 5.41) is 0. The minimum Gasteiger partial charge on any atom is -0.493 e. The van der Waals surface area contributed by atoms with Crippen LogP contribution < -0.4 is 10.5 Å². The molecule has 0 atom stereocenters. The van der Waals surface area contributed by atoms with E-state index in [1.54, 1.807) is 0 Å². The summed E-state index contributed by atoms with van der Waals surface area (Å²) < 4.78 is 17.2. The number of ether oxygens (including phenoxy) is 3. The highest BCUT2D eigenvalue weighted by Gasteiger charge is 2.39. The van der Waals surface area contributed by atoms with E-state index in [1.165, 1.54) is 0 Å². The number of rotatable bonds is 5. The van der Waals surface area contributed by atoms with Crippen LogP contribution in [0.4, 0.5) is 5.69 Å². The molecule has 1 spiro atoms. The van der Waals surface area contributed by atoms with Crippen molar-refractivity contribution < 1.29 is 14.2 Å². The van der Waals surface area contributed by atoms with Gasteiger partial charge in [0.2, 0.25) is 0 Å². The second-order valence-electron chi connectivity index (χ2n) is 5.72. The van der Waals surface area contributed by atoms with Gasteiger partial charge in [0, 0.05) is 44.2 Å². The molecule has 0 saturated carbocycles. The fraction of sp³-hybridized carbons (Fsp3) is 0.625. The molecule has 2 aliphatic rings. The van der Waals surface area contributed by atoms with E-state index in [1.807, 2.05) is 24.3 Å². The molecule has 2 fully saturated rings. The van der Waals surface area contributed by atoms with E-state index in [0.29, 0.717) is 0 Å². The second kappa shape index (κ2) is 6.64. The Morgan fingerprint density at radius 2 is 1.95 bits per heavy atom. The number of benzene rings is 1. The highest BCUT2D eigenvalue weighted by molar-refractivity contribution is 5.43. The Morgan fingerprint density at radius 3 is 2.67 bits per heavy atom. The first-order valence-electron chi connectivity index (χ1n) is 7.74. The minimum atomic E-state index is -0.269. The first kappa shape index (κ1) is 14.6. The van der Waals surface area contributed by atoms with Crippen LogP contribution in [0.2, 0.25) is 0 Å². The second-order valence-corrected chi connectivity index (χ2v) is 5.72. The smallest absolute Gasteiger partial charge is 0.170 e. The molecule has 2 saturated heterocycles. The van der Waals surface area contributed by atoms with Crippen molar-refractivity contribution >= 4 is 5.69 Å². The highest BCUT2D eigenvalue weighted by Crippen LogP contribution is 2.31. The van der Waals surface area contributed by atoms with Crippen LogP contribution >= 0.6 is 0 Å². The van der Waals surface area contributed by atoms with Gasteiger partial charge >= 0.3 is 0 Å². The van der Waals surface area contributed by atoms with Gasteiger partial charge in [0.1, 0.15) is 5.75 Å². The molecule has 5 nitrogen and oxygen atoms in total. The number of nitrogens with zero attached hydrogens (tertiary/aromatic N) is 1. The molecule has 1 aromatic carbocycles. The lowest BCUT2D eigenvalue weighted by atomic mass is 10.0. The van der Waals surface area contributed by atoms with E-state index in [9.17, 15) is 0 Å². The maximum Gasteiger partial charge on any atom is 0.170 e. The van der Waals surface area contributed by atoms with Crippen LogP contribution in [0.5, 0.6) is 5.75 Å². The van der Waals surface area contributed by atoms with Crippen LogP contribution in [-0.2, 0) is 9.47 Å². The number of hydrogen-bond donors (Lipinski definition) is 1. The summed E-state index contributed by atoms with van der Waals surface area (Å²) >= 11 is 0. The van der Waals surface area contributed by atoms with Gasteiger partial charge in [-0.3, -0.25) is 0 Å². The fourth-order valence-corrected chi connectivity index (χ4v) is 2.99. The van der Waals surface area contributed by atoms with Crippen molar-refractivity contribution in [3.05, 3.63) is 24.3 Å². The zero-order valence-corrected chi connectivity index (χ0v) is 12.4. The molecule has 0 amide bonds.